The van der Waals surface area contributed by atoms with Crippen LogP contribution in [0.4, 0.5) is 0 Å². The van der Waals surface area contributed by atoms with E-state index in [1.807, 2.05) is 17.9 Å². The fraction of sp³-hybridized carbons (Fsp3) is 0.800. The van der Waals surface area contributed by atoms with Gasteiger partial charge in [0.2, 0.25) is 0 Å². The summed E-state index contributed by atoms with van der Waals surface area (Å²) >= 11 is 0. The van der Waals surface area contributed by atoms with Crippen molar-refractivity contribution in [1.82, 2.24) is 9.78 Å². The second-order valence-corrected chi connectivity index (χ2v) is 5.33. The van der Waals surface area contributed by atoms with Crippen LogP contribution in [0.1, 0.15) is 75.6 Å². The van der Waals surface area contributed by atoms with E-state index in [9.17, 15) is 0 Å². The summed E-state index contributed by atoms with van der Waals surface area (Å²) in [5.41, 5.74) is 8.63. The minimum Gasteiger partial charge on any atom is -0.324 e. The number of nitrogens with two attached hydrogens (primary N) is 1. The van der Waals surface area contributed by atoms with Crippen molar-refractivity contribution in [2.45, 2.75) is 71.3 Å². The van der Waals surface area contributed by atoms with Crippen molar-refractivity contribution < 1.29 is 0 Å². The van der Waals surface area contributed by atoms with Crippen LogP contribution in [0, 0.1) is 6.92 Å². The molecule has 1 aromatic heterocycles. The zero-order valence-electron chi connectivity index (χ0n) is 12.3. The Labute approximate surface area is 112 Å². The molecular formula is C15H29N3. The van der Waals surface area contributed by atoms with Crippen LogP contribution in [0.2, 0.25) is 0 Å². The lowest BCUT2D eigenvalue weighted by Gasteiger charge is -2.11. The maximum absolute atomic E-state index is 6.22. The van der Waals surface area contributed by atoms with E-state index < -0.39 is 0 Å². The van der Waals surface area contributed by atoms with Crippen LogP contribution in [0.5, 0.6) is 0 Å². The third-order valence-corrected chi connectivity index (χ3v) is 3.79. The second kappa shape index (κ2) is 8.30. The minimum atomic E-state index is 0.161. The van der Waals surface area contributed by atoms with E-state index in [4.69, 9.17) is 5.73 Å². The van der Waals surface area contributed by atoms with Gasteiger partial charge in [0.25, 0.3) is 0 Å². The van der Waals surface area contributed by atoms with Crippen molar-refractivity contribution >= 4 is 0 Å². The average Bonchev–Trinajstić information content (AvgIpc) is 2.69. The quantitative estimate of drug-likeness (QED) is 0.677. The molecule has 0 saturated carbocycles. The van der Waals surface area contributed by atoms with Crippen molar-refractivity contribution in [2.24, 2.45) is 12.8 Å². The molecule has 0 amide bonds. The summed E-state index contributed by atoms with van der Waals surface area (Å²) in [6.07, 6.45) is 12.4. The molecule has 0 bridgehead atoms. The molecule has 2 N–H and O–H groups in total. The van der Waals surface area contributed by atoms with Gasteiger partial charge in [0.15, 0.2) is 0 Å². The SMILES string of the molecule is CCCCCCCCCC(N)c1cnn(C)c1C. The Balaban J connectivity index is 2.14. The smallest absolute Gasteiger partial charge is 0.0540 e. The average molecular weight is 251 g/mol. The summed E-state index contributed by atoms with van der Waals surface area (Å²) < 4.78 is 1.90. The first kappa shape index (κ1) is 15.2. The van der Waals surface area contributed by atoms with Crippen LogP contribution >= 0.6 is 0 Å². The highest BCUT2D eigenvalue weighted by molar-refractivity contribution is 5.19. The molecule has 0 aliphatic carbocycles. The fourth-order valence-electron chi connectivity index (χ4n) is 2.36. The number of nitrogens with zero attached hydrogens (tertiary/aromatic N) is 2. The fourth-order valence-corrected chi connectivity index (χ4v) is 2.36. The van der Waals surface area contributed by atoms with Gasteiger partial charge in [-0.25, -0.2) is 0 Å². The zero-order chi connectivity index (χ0) is 13.4. The summed E-state index contributed by atoms with van der Waals surface area (Å²) in [4.78, 5) is 0. The van der Waals surface area contributed by atoms with E-state index in [0.29, 0.717) is 0 Å². The van der Waals surface area contributed by atoms with Gasteiger partial charge in [-0.3, -0.25) is 4.68 Å². The van der Waals surface area contributed by atoms with Crippen LogP contribution in [0.15, 0.2) is 6.20 Å². The van der Waals surface area contributed by atoms with Gasteiger partial charge in [-0.2, -0.15) is 5.10 Å². The van der Waals surface area contributed by atoms with Gasteiger partial charge >= 0.3 is 0 Å². The first-order valence-corrected chi connectivity index (χ1v) is 7.41. The van der Waals surface area contributed by atoms with Gasteiger partial charge in [0, 0.05) is 24.3 Å². The highest BCUT2D eigenvalue weighted by Crippen LogP contribution is 2.20. The molecule has 0 aliphatic heterocycles. The van der Waals surface area contributed by atoms with Crippen molar-refractivity contribution in [3.05, 3.63) is 17.5 Å². The Morgan fingerprint density at radius 3 is 2.33 bits per heavy atom. The minimum absolute atomic E-state index is 0.161. The van der Waals surface area contributed by atoms with E-state index in [0.717, 1.165) is 6.42 Å². The predicted octanol–water partition coefficient (Wildman–Crippen LogP) is 3.87. The maximum atomic E-state index is 6.22. The molecule has 18 heavy (non-hydrogen) atoms. The molecule has 1 atom stereocenters. The summed E-state index contributed by atoms with van der Waals surface area (Å²) in [6, 6.07) is 0.161. The van der Waals surface area contributed by atoms with Crippen molar-refractivity contribution in [1.29, 1.82) is 0 Å². The highest BCUT2D eigenvalue weighted by atomic mass is 15.3. The first-order chi connectivity index (χ1) is 8.66. The third-order valence-electron chi connectivity index (χ3n) is 3.79. The summed E-state index contributed by atoms with van der Waals surface area (Å²) in [6.45, 7) is 4.35. The van der Waals surface area contributed by atoms with Crippen LogP contribution < -0.4 is 5.73 Å². The normalized spacial score (nSPS) is 12.9. The lowest BCUT2D eigenvalue weighted by Crippen LogP contribution is -2.11. The molecule has 0 radical (unpaired) electrons. The van der Waals surface area contributed by atoms with Crippen molar-refractivity contribution in [3.63, 3.8) is 0 Å². The van der Waals surface area contributed by atoms with Gasteiger partial charge in [0.1, 0.15) is 0 Å². The molecule has 1 heterocycles. The molecule has 0 fully saturated rings. The van der Waals surface area contributed by atoms with Gasteiger partial charge in [-0.1, -0.05) is 51.9 Å². The lowest BCUT2D eigenvalue weighted by atomic mass is 10.0. The molecule has 3 nitrogen and oxygen atoms in total. The Kier molecular flexibility index (Phi) is 7.02. The Hall–Kier alpha value is -0.830. The molecule has 0 saturated heterocycles. The van der Waals surface area contributed by atoms with E-state index in [2.05, 4.69) is 18.9 Å². The van der Waals surface area contributed by atoms with E-state index in [-0.39, 0.29) is 6.04 Å². The Bertz CT molecular complexity index is 330. The first-order valence-electron chi connectivity index (χ1n) is 7.41. The molecule has 1 aromatic rings. The second-order valence-electron chi connectivity index (χ2n) is 5.33. The standard InChI is InChI=1S/C15H29N3/c1-4-5-6-7-8-9-10-11-15(16)14-12-17-18(3)13(14)2/h12,15H,4-11,16H2,1-3H3. The van der Waals surface area contributed by atoms with E-state index in [1.165, 1.54) is 56.2 Å². The third kappa shape index (κ3) is 4.81. The number of unbranched alkanes of at least 4 members (excludes halogenated alkanes) is 6. The van der Waals surface area contributed by atoms with E-state index >= 15 is 0 Å². The summed E-state index contributed by atoms with van der Waals surface area (Å²) in [5, 5.41) is 4.25. The number of rotatable bonds is 9. The molecule has 0 aliphatic rings. The van der Waals surface area contributed by atoms with Crippen LogP contribution in [0.3, 0.4) is 0 Å². The topological polar surface area (TPSA) is 43.8 Å². The Morgan fingerprint density at radius 2 is 1.78 bits per heavy atom. The lowest BCUT2D eigenvalue weighted by molar-refractivity contribution is 0.539. The van der Waals surface area contributed by atoms with Crippen LogP contribution in [-0.4, -0.2) is 9.78 Å². The number of aryl methyl sites for hydroxylation is 1. The van der Waals surface area contributed by atoms with E-state index in [1.54, 1.807) is 0 Å². The molecular weight excluding hydrogens is 222 g/mol. The van der Waals surface area contributed by atoms with Crippen LogP contribution in [0.25, 0.3) is 0 Å². The van der Waals surface area contributed by atoms with Crippen LogP contribution in [-0.2, 0) is 7.05 Å². The van der Waals surface area contributed by atoms with Crippen molar-refractivity contribution in [2.75, 3.05) is 0 Å². The molecule has 0 spiro atoms. The monoisotopic (exact) mass is 251 g/mol. The summed E-state index contributed by atoms with van der Waals surface area (Å²) in [7, 11) is 1.97. The zero-order valence-corrected chi connectivity index (χ0v) is 12.3. The van der Waals surface area contributed by atoms with Gasteiger partial charge < -0.3 is 5.73 Å². The number of aromatic nitrogens is 2. The number of hydrogen-bond acceptors (Lipinski definition) is 2. The Morgan fingerprint density at radius 1 is 1.17 bits per heavy atom. The maximum Gasteiger partial charge on any atom is 0.0540 e. The van der Waals surface area contributed by atoms with Gasteiger partial charge in [-0.05, 0) is 13.3 Å². The summed E-state index contributed by atoms with van der Waals surface area (Å²) in [5.74, 6) is 0. The predicted molar refractivity (Wildman–Crippen MR) is 77.5 cm³/mol. The molecule has 1 unspecified atom stereocenters. The molecule has 3 heteroatoms. The van der Waals surface area contributed by atoms with Gasteiger partial charge in [-0.15, -0.1) is 0 Å². The highest BCUT2D eigenvalue weighted by Gasteiger charge is 2.11. The van der Waals surface area contributed by atoms with Crippen molar-refractivity contribution in [3.8, 4) is 0 Å². The molecule has 0 aromatic carbocycles. The number of hydrogen-bond donors (Lipinski definition) is 1. The largest absolute Gasteiger partial charge is 0.324 e. The molecule has 1 rings (SSSR count). The molecule has 104 valence electrons. The van der Waals surface area contributed by atoms with Gasteiger partial charge in [0.05, 0.1) is 6.20 Å².